The van der Waals surface area contributed by atoms with Gasteiger partial charge in [0.2, 0.25) is 0 Å². The number of hydrogen-bond acceptors (Lipinski definition) is 6. The molecule has 4 heterocycles. The standard InChI is InChI=1S/C33H36N6OS/c1-22-18-26(19-23(2)35-22)36-31-21-34-32(20-29(31)24-8-10-28(41-3)11-9-24)38-15-13-27(14-16-38)39-17-12-25-6-4-5-7-30(25)37-33(39)40/h4-11,18-21,27H,12-17H2,1-3H3,(H,35,36)(H,37,40). The molecule has 0 saturated carbocycles. The topological polar surface area (TPSA) is 73.4 Å². The first kappa shape index (κ1) is 27.1. The number of hydrogen-bond donors (Lipinski definition) is 2. The number of thioether (sulfide) groups is 1. The number of amides is 2. The third kappa shape index (κ3) is 6.03. The van der Waals surface area contributed by atoms with Gasteiger partial charge in [0.1, 0.15) is 5.82 Å². The number of aromatic nitrogens is 2. The van der Waals surface area contributed by atoms with Crippen molar-refractivity contribution >= 4 is 40.7 Å². The number of carbonyl (C=O) groups excluding carboxylic acids is 1. The largest absolute Gasteiger partial charge is 0.356 e. The minimum atomic E-state index is 0.0134. The minimum absolute atomic E-state index is 0.0134. The van der Waals surface area contributed by atoms with Gasteiger partial charge in [0.05, 0.1) is 11.9 Å². The summed E-state index contributed by atoms with van der Waals surface area (Å²) in [5.41, 5.74) is 8.32. The van der Waals surface area contributed by atoms with E-state index in [0.29, 0.717) is 0 Å². The van der Waals surface area contributed by atoms with Crippen molar-refractivity contribution in [1.82, 2.24) is 14.9 Å². The molecule has 1 fully saturated rings. The van der Waals surface area contributed by atoms with Crippen LogP contribution in [-0.4, -0.2) is 52.8 Å². The quantitative estimate of drug-likeness (QED) is 0.240. The molecule has 2 aromatic carbocycles. The van der Waals surface area contributed by atoms with Gasteiger partial charge < -0.3 is 20.4 Å². The zero-order valence-electron chi connectivity index (χ0n) is 23.9. The molecule has 8 heteroatoms. The number of pyridine rings is 2. The number of carbonyl (C=O) groups is 1. The molecule has 0 spiro atoms. The van der Waals surface area contributed by atoms with Gasteiger partial charge in [-0.3, -0.25) is 4.98 Å². The van der Waals surface area contributed by atoms with Gasteiger partial charge in [0, 0.05) is 58.9 Å². The van der Waals surface area contributed by atoms with Gasteiger partial charge in [0.25, 0.3) is 0 Å². The molecular weight excluding hydrogens is 528 g/mol. The summed E-state index contributed by atoms with van der Waals surface area (Å²) in [6.45, 7) is 6.48. The van der Waals surface area contributed by atoms with Crippen LogP contribution in [0.5, 0.6) is 0 Å². The predicted octanol–water partition coefficient (Wildman–Crippen LogP) is 7.28. The Kier molecular flexibility index (Phi) is 7.83. The highest BCUT2D eigenvalue weighted by Gasteiger charge is 2.30. The number of rotatable bonds is 6. The fourth-order valence-electron chi connectivity index (χ4n) is 5.93. The van der Waals surface area contributed by atoms with Gasteiger partial charge >= 0.3 is 6.03 Å². The fourth-order valence-corrected chi connectivity index (χ4v) is 6.34. The second-order valence-corrected chi connectivity index (χ2v) is 11.7. The number of para-hydroxylation sites is 1. The number of benzene rings is 2. The van der Waals surface area contributed by atoms with Gasteiger partial charge in [0.15, 0.2) is 0 Å². The van der Waals surface area contributed by atoms with Crippen LogP contribution in [-0.2, 0) is 6.42 Å². The number of nitrogens with one attached hydrogen (secondary N) is 2. The SMILES string of the molecule is CSc1ccc(-c2cc(N3CCC(N4CCc5ccccc5NC4=O)CC3)ncc2Nc2cc(C)nc(C)c2)cc1. The van der Waals surface area contributed by atoms with Gasteiger partial charge in [-0.2, -0.15) is 0 Å². The van der Waals surface area contributed by atoms with Crippen molar-refractivity contribution in [1.29, 1.82) is 0 Å². The van der Waals surface area contributed by atoms with Crippen LogP contribution in [0, 0.1) is 13.8 Å². The van der Waals surface area contributed by atoms with Crippen LogP contribution in [0.25, 0.3) is 11.1 Å². The van der Waals surface area contributed by atoms with Crippen LogP contribution < -0.4 is 15.5 Å². The third-order valence-corrected chi connectivity index (χ3v) is 8.77. The molecule has 2 aliphatic rings. The zero-order chi connectivity index (χ0) is 28.3. The van der Waals surface area contributed by atoms with E-state index in [9.17, 15) is 4.79 Å². The Morgan fingerprint density at radius 2 is 1.68 bits per heavy atom. The molecule has 2 N–H and O–H groups in total. The predicted molar refractivity (Wildman–Crippen MR) is 170 cm³/mol. The van der Waals surface area contributed by atoms with Crippen LogP contribution in [0.1, 0.15) is 29.8 Å². The molecular formula is C33H36N6OS. The number of anilines is 4. The molecule has 2 aliphatic heterocycles. The maximum absolute atomic E-state index is 13.1. The van der Waals surface area contributed by atoms with E-state index in [-0.39, 0.29) is 12.1 Å². The Morgan fingerprint density at radius 3 is 2.41 bits per heavy atom. The van der Waals surface area contributed by atoms with E-state index < -0.39 is 0 Å². The van der Waals surface area contributed by atoms with E-state index in [0.717, 1.165) is 84.3 Å². The lowest BCUT2D eigenvalue weighted by Gasteiger charge is -2.38. The fraction of sp³-hybridized carbons (Fsp3) is 0.303. The Balaban J connectivity index is 1.21. The maximum atomic E-state index is 13.1. The van der Waals surface area contributed by atoms with Crippen molar-refractivity contribution in [2.24, 2.45) is 0 Å². The summed E-state index contributed by atoms with van der Waals surface area (Å²) in [7, 11) is 0. The summed E-state index contributed by atoms with van der Waals surface area (Å²) >= 11 is 1.74. The third-order valence-electron chi connectivity index (χ3n) is 8.02. The molecule has 0 aliphatic carbocycles. The average Bonchev–Trinajstić information content (AvgIpc) is 3.15. The van der Waals surface area contributed by atoms with Crippen molar-refractivity contribution in [2.45, 2.75) is 44.0 Å². The zero-order valence-corrected chi connectivity index (χ0v) is 24.7. The van der Waals surface area contributed by atoms with Crippen molar-refractivity contribution in [3.8, 4) is 11.1 Å². The molecule has 1 saturated heterocycles. The molecule has 2 amide bonds. The molecule has 0 unspecified atom stereocenters. The summed E-state index contributed by atoms with van der Waals surface area (Å²) in [4.78, 5) is 28.1. The highest BCUT2D eigenvalue weighted by molar-refractivity contribution is 7.98. The van der Waals surface area contributed by atoms with E-state index in [1.165, 1.54) is 10.5 Å². The van der Waals surface area contributed by atoms with Gasteiger partial charge in [-0.1, -0.05) is 30.3 Å². The Hall–Kier alpha value is -4.04. The number of urea groups is 1. The summed E-state index contributed by atoms with van der Waals surface area (Å²) in [5.74, 6) is 0.966. The van der Waals surface area contributed by atoms with Crippen LogP contribution in [0.3, 0.4) is 0 Å². The molecule has 0 radical (unpaired) electrons. The monoisotopic (exact) mass is 564 g/mol. The highest BCUT2D eigenvalue weighted by Crippen LogP contribution is 2.35. The Labute approximate surface area is 246 Å². The molecule has 4 aromatic rings. The first-order chi connectivity index (χ1) is 20.0. The van der Waals surface area contributed by atoms with Crippen LogP contribution >= 0.6 is 11.8 Å². The smallest absolute Gasteiger partial charge is 0.322 e. The van der Waals surface area contributed by atoms with Gasteiger partial charge in [-0.25, -0.2) is 9.78 Å². The first-order valence-electron chi connectivity index (χ1n) is 14.2. The molecule has 7 nitrogen and oxygen atoms in total. The lowest BCUT2D eigenvalue weighted by Crippen LogP contribution is -2.49. The highest BCUT2D eigenvalue weighted by atomic mass is 32.2. The van der Waals surface area contributed by atoms with E-state index in [1.807, 2.05) is 43.1 Å². The van der Waals surface area contributed by atoms with E-state index in [2.05, 4.69) is 75.3 Å². The molecule has 0 bridgehead atoms. The second kappa shape index (κ2) is 11.8. The number of aryl methyl sites for hydroxylation is 2. The summed E-state index contributed by atoms with van der Waals surface area (Å²) in [6, 6.07) is 23.4. The first-order valence-corrected chi connectivity index (χ1v) is 15.5. The van der Waals surface area contributed by atoms with Crippen LogP contribution in [0.2, 0.25) is 0 Å². The number of fused-ring (bicyclic) bond motifs is 1. The summed E-state index contributed by atoms with van der Waals surface area (Å²) in [6.07, 6.45) is 6.75. The number of nitrogens with zero attached hydrogens (tertiary/aromatic N) is 4. The van der Waals surface area contributed by atoms with Crippen LogP contribution in [0.4, 0.5) is 27.7 Å². The van der Waals surface area contributed by atoms with E-state index >= 15 is 0 Å². The Morgan fingerprint density at radius 1 is 0.951 bits per heavy atom. The summed E-state index contributed by atoms with van der Waals surface area (Å²) in [5, 5.41) is 6.73. The van der Waals surface area contributed by atoms with Gasteiger partial charge in [-0.05, 0) is 86.9 Å². The second-order valence-electron chi connectivity index (χ2n) is 10.8. The minimum Gasteiger partial charge on any atom is -0.356 e. The normalized spacial score (nSPS) is 15.7. The Bertz CT molecular complexity index is 1530. The van der Waals surface area contributed by atoms with Crippen molar-refractivity contribution in [2.75, 3.05) is 41.4 Å². The molecule has 41 heavy (non-hydrogen) atoms. The lowest BCUT2D eigenvalue weighted by molar-refractivity contribution is 0.177. The van der Waals surface area contributed by atoms with Gasteiger partial charge in [-0.15, -0.1) is 11.8 Å². The van der Waals surface area contributed by atoms with Crippen LogP contribution in [0.15, 0.2) is 77.8 Å². The molecule has 2 aromatic heterocycles. The molecule has 6 rings (SSSR count). The average molecular weight is 565 g/mol. The van der Waals surface area contributed by atoms with Crippen molar-refractivity contribution < 1.29 is 4.79 Å². The molecule has 0 atom stereocenters. The lowest BCUT2D eigenvalue weighted by atomic mass is 10.0. The summed E-state index contributed by atoms with van der Waals surface area (Å²) < 4.78 is 0. The van der Waals surface area contributed by atoms with Crippen molar-refractivity contribution in [3.63, 3.8) is 0 Å². The van der Waals surface area contributed by atoms with Crippen molar-refractivity contribution in [3.05, 3.63) is 89.9 Å². The van der Waals surface area contributed by atoms with E-state index in [1.54, 1.807) is 11.8 Å². The number of piperidine rings is 1. The molecule has 210 valence electrons. The maximum Gasteiger partial charge on any atom is 0.322 e. The van der Waals surface area contributed by atoms with E-state index in [4.69, 9.17) is 4.98 Å².